The molecule has 1 fully saturated rings. The molecular formula is C17H13N3O4S2. The number of ether oxygens (including phenoxy) is 1. The number of carbonyl (C=O) groups excluding carboxylic acids is 1. The number of amides is 1. The van der Waals surface area contributed by atoms with Crippen LogP contribution in [0.15, 0.2) is 41.1 Å². The Labute approximate surface area is 159 Å². The number of thioether (sulfide) groups is 1. The minimum absolute atomic E-state index is 0.212. The Bertz CT molecular complexity index is 917. The largest absolute Gasteiger partial charge is 0.480 e. The predicted octanol–water partition coefficient (Wildman–Crippen LogP) is 2.45. The fourth-order valence-electron chi connectivity index (χ4n) is 2.55. The highest BCUT2D eigenvalue weighted by Gasteiger charge is 2.33. The predicted molar refractivity (Wildman–Crippen MR) is 101 cm³/mol. The maximum atomic E-state index is 12.3. The molecule has 2 heterocycles. The van der Waals surface area contributed by atoms with Crippen LogP contribution in [-0.4, -0.2) is 39.3 Å². The van der Waals surface area contributed by atoms with Crippen molar-refractivity contribution in [3.63, 3.8) is 0 Å². The summed E-state index contributed by atoms with van der Waals surface area (Å²) in [5.74, 6) is -0.421. The van der Waals surface area contributed by atoms with Crippen LogP contribution in [0.4, 0.5) is 5.69 Å². The molecule has 1 aromatic carbocycles. The summed E-state index contributed by atoms with van der Waals surface area (Å²) in [6, 6.07) is 7.24. The van der Waals surface area contributed by atoms with E-state index in [1.165, 1.54) is 0 Å². The van der Waals surface area contributed by atoms with E-state index < -0.39 is 18.4 Å². The molecule has 0 bridgehead atoms. The molecule has 0 aromatic heterocycles. The first-order chi connectivity index (χ1) is 12.4. The summed E-state index contributed by atoms with van der Waals surface area (Å²) in [5, 5.41) is 17.9. The summed E-state index contributed by atoms with van der Waals surface area (Å²) < 4.78 is 6.01. The number of carbonyl (C=O) groups is 2. The van der Waals surface area contributed by atoms with E-state index in [4.69, 9.17) is 27.3 Å². The Morgan fingerprint density at radius 2 is 2.19 bits per heavy atom. The molecular weight excluding hydrogens is 374 g/mol. The second-order valence-corrected chi connectivity index (χ2v) is 7.01. The van der Waals surface area contributed by atoms with Gasteiger partial charge >= 0.3 is 5.97 Å². The summed E-state index contributed by atoms with van der Waals surface area (Å²) in [5.41, 5.74) is 1.31. The molecule has 1 amide bonds. The van der Waals surface area contributed by atoms with Crippen molar-refractivity contribution in [3.8, 4) is 11.8 Å². The van der Waals surface area contributed by atoms with Crippen LogP contribution >= 0.6 is 24.0 Å². The number of thiocarbonyl (C=S) groups is 1. The third kappa shape index (κ3) is 3.29. The fourth-order valence-corrected chi connectivity index (χ4v) is 3.75. The molecule has 0 atom stereocenters. The molecule has 0 radical (unpaired) electrons. The van der Waals surface area contributed by atoms with Gasteiger partial charge in [-0.15, -0.1) is 0 Å². The van der Waals surface area contributed by atoms with E-state index >= 15 is 0 Å². The zero-order valence-corrected chi connectivity index (χ0v) is 15.3. The van der Waals surface area contributed by atoms with E-state index in [1.807, 2.05) is 11.8 Å². The highest BCUT2D eigenvalue weighted by atomic mass is 32.2. The Balaban J connectivity index is 1.86. The zero-order valence-electron chi connectivity index (χ0n) is 13.6. The van der Waals surface area contributed by atoms with Gasteiger partial charge in [0.15, 0.2) is 5.75 Å². The molecule has 0 unspecified atom stereocenters. The minimum atomic E-state index is -1.12. The van der Waals surface area contributed by atoms with Crippen molar-refractivity contribution in [1.82, 2.24) is 4.90 Å². The van der Waals surface area contributed by atoms with Crippen molar-refractivity contribution in [1.29, 1.82) is 5.26 Å². The quantitative estimate of drug-likeness (QED) is 0.622. The lowest BCUT2D eigenvalue weighted by atomic mass is 10.2. The van der Waals surface area contributed by atoms with Crippen molar-refractivity contribution in [2.75, 3.05) is 18.0 Å². The highest BCUT2D eigenvalue weighted by molar-refractivity contribution is 8.26. The van der Waals surface area contributed by atoms with Gasteiger partial charge in [0, 0.05) is 12.6 Å². The van der Waals surface area contributed by atoms with Gasteiger partial charge in [-0.3, -0.25) is 14.5 Å². The van der Waals surface area contributed by atoms with E-state index in [0.29, 0.717) is 28.6 Å². The zero-order chi connectivity index (χ0) is 18.8. The number of hydrogen-bond acceptors (Lipinski definition) is 7. The molecule has 9 heteroatoms. The van der Waals surface area contributed by atoms with Crippen molar-refractivity contribution in [2.24, 2.45) is 0 Å². The number of rotatable bonds is 4. The Morgan fingerprint density at radius 1 is 1.42 bits per heavy atom. The Kier molecular flexibility index (Phi) is 4.97. The van der Waals surface area contributed by atoms with Crippen LogP contribution in [0.2, 0.25) is 0 Å². The number of nitrogens with zero attached hydrogens (tertiary/aromatic N) is 3. The number of fused-ring (bicyclic) bond motifs is 1. The minimum Gasteiger partial charge on any atom is -0.480 e. The van der Waals surface area contributed by atoms with Gasteiger partial charge in [0.25, 0.3) is 5.91 Å². The number of anilines is 1. The van der Waals surface area contributed by atoms with Gasteiger partial charge in [-0.2, -0.15) is 5.26 Å². The van der Waals surface area contributed by atoms with Crippen molar-refractivity contribution in [2.45, 2.75) is 6.92 Å². The van der Waals surface area contributed by atoms with Crippen LogP contribution in [0.1, 0.15) is 12.5 Å². The summed E-state index contributed by atoms with van der Waals surface area (Å²) in [7, 11) is 0. The summed E-state index contributed by atoms with van der Waals surface area (Å²) in [4.78, 5) is 26.4. The molecule has 132 valence electrons. The average molecular weight is 387 g/mol. The first-order valence-electron chi connectivity index (χ1n) is 7.61. The van der Waals surface area contributed by atoms with E-state index in [0.717, 1.165) is 22.3 Å². The molecule has 7 nitrogen and oxygen atoms in total. The maximum absolute atomic E-state index is 12.3. The lowest BCUT2D eigenvalue weighted by molar-refractivity contribution is -0.140. The SMILES string of the molecule is CCN1/C(=C/C=C2/SC(=S)N(CC(=O)O)C2=O)Oc2ccc(C#N)cc21. The van der Waals surface area contributed by atoms with Gasteiger partial charge in [0.1, 0.15) is 10.9 Å². The van der Waals surface area contributed by atoms with Gasteiger partial charge < -0.3 is 14.7 Å². The normalized spacial score (nSPS) is 19.1. The van der Waals surface area contributed by atoms with E-state index in [9.17, 15) is 9.59 Å². The van der Waals surface area contributed by atoms with E-state index in [1.54, 1.807) is 30.4 Å². The summed E-state index contributed by atoms with van der Waals surface area (Å²) in [6.45, 7) is 2.09. The number of allylic oxidation sites excluding steroid dienone is 2. The van der Waals surface area contributed by atoms with Gasteiger partial charge in [-0.1, -0.05) is 24.0 Å². The van der Waals surface area contributed by atoms with Gasteiger partial charge in [0.05, 0.1) is 22.2 Å². The smallest absolute Gasteiger partial charge is 0.323 e. The van der Waals surface area contributed by atoms with Crippen LogP contribution in [-0.2, 0) is 9.59 Å². The van der Waals surface area contributed by atoms with Crippen LogP contribution in [0.25, 0.3) is 0 Å². The number of nitriles is 1. The molecule has 2 aliphatic rings. The first kappa shape index (κ1) is 18.0. The molecule has 1 N–H and O–H groups in total. The second kappa shape index (κ2) is 7.19. The van der Waals surface area contributed by atoms with Gasteiger partial charge in [-0.25, -0.2) is 0 Å². The van der Waals surface area contributed by atoms with Crippen molar-refractivity contribution in [3.05, 3.63) is 46.7 Å². The third-order valence-electron chi connectivity index (χ3n) is 3.72. The summed E-state index contributed by atoms with van der Waals surface area (Å²) in [6.07, 6.45) is 3.21. The maximum Gasteiger partial charge on any atom is 0.323 e. The molecule has 1 saturated heterocycles. The van der Waals surface area contributed by atoms with E-state index in [-0.39, 0.29) is 4.32 Å². The van der Waals surface area contributed by atoms with Crippen LogP contribution in [0.5, 0.6) is 5.75 Å². The molecule has 3 rings (SSSR count). The fraction of sp³-hybridized carbons (Fsp3) is 0.176. The molecule has 1 aromatic rings. The molecule has 2 aliphatic heterocycles. The molecule has 0 aliphatic carbocycles. The number of hydrogen-bond donors (Lipinski definition) is 1. The van der Waals surface area contributed by atoms with E-state index in [2.05, 4.69) is 6.07 Å². The van der Waals surface area contributed by atoms with Gasteiger partial charge in [0.2, 0.25) is 5.88 Å². The molecule has 0 saturated carbocycles. The number of benzene rings is 1. The van der Waals surface area contributed by atoms with Crippen molar-refractivity contribution >= 4 is 45.9 Å². The molecule has 26 heavy (non-hydrogen) atoms. The number of carboxylic acids is 1. The van der Waals surface area contributed by atoms with Crippen molar-refractivity contribution < 1.29 is 19.4 Å². The first-order valence-corrected chi connectivity index (χ1v) is 8.84. The van der Waals surface area contributed by atoms with Crippen LogP contribution < -0.4 is 9.64 Å². The standard InChI is InChI=1S/C17H13N3O4S2/c1-2-19-11-7-10(8-18)3-4-12(11)24-14(19)6-5-13-16(23)20(9-15(21)22)17(25)26-13/h3-7H,2,9H2,1H3,(H,21,22)/b13-5+,14-6-. The topological polar surface area (TPSA) is 93.9 Å². The monoisotopic (exact) mass is 387 g/mol. The Morgan fingerprint density at radius 3 is 2.85 bits per heavy atom. The van der Waals surface area contributed by atoms with Crippen LogP contribution in [0.3, 0.4) is 0 Å². The lowest BCUT2D eigenvalue weighted by Gasteiger charge is -2.15. The third-order valence-corrected chi connectivity index (χ3v) is 5.12. The molecule has 0 spiro atoms. The van der Waals surface area contributed by atoms with Crippen LogP contribution in [0, 0.1) is 11.3 Å². The van der Waals surface area contributed by atoms with Gasteiger partial charge in [-0.05, 0) is 31.2 Å². The highest BCUT2D eigenvalue weighted by Crippen LogP contribution is 2.39. The Hall–Kier alpha value is -2.83. The lowest BCUT2D eigenvalue weighted by Crippen LogP contribution is -2.33. The number of aliphatic carboxylic acids is 1. The average Bonchev–Trinajstić information content (AvgIpc) is 3.10. The number of carboxylic acid groups (broad SMARTS) is 1. The summed E-state index contributed by atoms with van der Waals surface area (Å²) >= 11 is 6.11. The second-order valence-electron chi connectivity index (χ2n) is 5.33.